The molecule has 0 bridgehead atoms. The van der Waals surface area contributed by atoms with Crippen LogP contribution in [0, 0.1) is 0 Å². The number of nitrogens with one attached hydrogen (secondary N) is 1. The third-order valence-corrected chi connectivity index (χ3v) is 3.40. The molecule has 0 spiro atoms. The highest BCUT2D eigenvalue weighted by Crippen LogP contribution is 2.14. The Hall–Kier alpha value is -1.88. The van der Waals surface area contributed by atoms with Crippen molar-refractivity contribution in [1.29, 1.82) is 0 Å². The number of carbonyl (C=O) groups excluding carboxylic acids is 2. The fourth-order valence-electron chi connectivity index (χ4n) is 2.23. The Kier molecular flexibility index (Phi) is 4.16. The van der Waals surface area contributed by atoms with Crippen LogP contribution in [0.5, 0.6) is 0 Å². The van der Waals surface area contributed by atoms with E-state index in [0.29, 0.717) is 13.0 Å². The van der Waals surface area contributed by atoms with Gasteiger partial charge in [-0.25, -0.2) is 0 Å². The summed E-state index contributed by atoms with van der Waals surface area (Å²) < 4.78 is 0. The van der Waals surface area contributed by atoms with Gasteiger partial charge in [0.25, 0.3) is 0 Å². The number of rotatable bonds is 4. The molecule has 1 aliphatic rings. The molecule has 1 aromatic carbocycles. The summed E-state index contributed by atoms with van der Waals surface area (Å²) in [5.74, 6) is -0.202. The first kappa shape index (κ1) is 13.5. The summed E-state index contributed by atoms with van der Waals surface area (Å²) >= 11 is 0. The van der Waals surface area contributed by atoms with Gasteiger partial charge >= 0.3 is 0 Å². The molecule has 0 saturated carbocycles. The summed E-state index contributed by atoms with van der Waals surface area (Å²) in [5, 5.41) is 2.75. The van der Waals surface area contributed by atoms with Crippen LogP contribution in [0.15, 0.2) is 30.3 Å². The van der Waals surface area contributed by atoms with E-state index in [1.165, 1.54) is 0 Å². The normalized spacial score (nSPS) is 20.4. The number of nitrogens with two attached hydrogens (primary N) is 1. The molecule has 102 valence electrons. The highest BCUT2D eigenvalue weighted by Gasteiger charge is 2.30. The van der Waals surface area contributed by atoms with Crippen molar-refractivity contribution < 1.29 is 9.59 Å². The number of nitrogens with zero attached hydrogens (tertiary/aromatic N) is 1. The van der Waals surface area contributed by atoms with Gasteiger partial charge < -0.3 is 16.0 Å². The van der Waals surface area contributed by atoms with Crippen LogP contribution < -0.4 is 11.1 Å². The number of likely N-dealkylation sites (tertiary alicyclic amines) is 1. The number of benzene rings is 1. The lowest BCUT2D eigenvalue weighted by atomic mass is 10.0. The molecule has 5 nitrogen and oxygen atoms in total. The lowest BCUT2D eigenvalue weighted by molar-refractivity contribution is -0.131. The minimum Gasteiger partial charge on any atom is -0.344 e. The summed E-state index contributed by atoms with van der Waals surface area (Å²) in [6.07, 6.45) is 0.860. The fraction of sp³-hybridized carbons (Fsp3) is 0.429. The minimum absolute atomic E-state index is 0.0263. The average molecular weight is 261 g/mol. The average Bonchev–Trinajstić information content (AvgIpc) is 2.71. The Labute approximate surface area is 112 Å². The standard InChI is InChI=1S/C14H19N3O2/c1-17-8-7-12(14(17)19)16-13(18)9-11(15)10-5-3-2-4-6-10/h2-6,11-12H,7-9,15H2,1H3,(H,16,18). The van der Waals surface area contributed by atoms with E-state index in [4.69, 9.17) is 5.73 Å². The van der Waals surface area contributed by atoms with E-state index < -0.39 is 0 Å². The summed E-state index contributed by atoms with van der Waals surface area (Å²) in [6.45, 7) is 0.689. The van der Waals surface area contributed by atoms with Gasteiger partial charge in [0.15, 0.2) is 0 Å². The maximum atomic E-state index is 11.9. The molecule has 2 atom stereocenters. The SMILES string of the molecule is CN1CCC(NC(=O)CC(N)c2ccccc2)C1=O. The zero-order valence-corrected chi connectivity index (χ0v) is 11.0. The van der Waals surface area contributed by atoms with Crippen LogP contribution in [0.1, 0.15) is 24.4 Å². The van der Waals surface area contributed by atoms with E-state index in [9.17, 15) is 9.59 Å². The van der Waals surface area contributed by atoms with Crippen LogP contribution in [-0.4, -0.2) is 36.3 Å². The second kappa shape index (κ2) is 5.84. The molecule has 5 heteroatoms. The molecular weight excluding hydrogens is 242 g/mol. The van der Waals surface area contributed by atoms with Crippen LogP contribution in [-0.2, 0) is 9.59 Å². The van der Waals surface area contributed by atoms with Gasteiger partial charge in [0.05, 0.1) is 0 Å². The first-order chi connectivity index (χ1) is 9.08. The molecule has 19 heavy (non-hydrogen) atoms. The summed E-state index contributed by atoms with van der Waals surface area (Å²) in [5.41, 5.74) is 6.90. The number of carbonyl (C=O) groups is 2. The zero-order valence-electron chi connectivity index (χ0n) is 11.0. The van der Waals surface area contributed by atoms with Crippen molar-refractivity contribution in [3.8, 4) is 0 Å². The van der Waals surface area contributed by atoms with Crippen molar-refractivity contribution in [2.24, 2.45) is 5.73 Å². The number of amides is 2. The molecule has 1 heterocycles. The summed E-state index contributed by atoms with van der Waals surface area (Å²) in [6, 6.07) is 8.75. The highest BCUT2D eigenvalue weighted by atomic mass is 16.2. The summed E-state index contributed by atoms with van der Waals surface area (Å²) in [7, 11) is 1.74. The van der Waals surface area contributed by atoms with Gasteiger partial charge in [0.1, 0.15) is 6.04 Å². The van der Waals surface area contributed by atoms with Gasteiger partial charge in [0.2, 0.25) is 11.8 Å². The molecule has 3 N–H and O–H groups in total. The van der Waals surface area contributed by atoms with Crippen LogP contribution >= 0.6 is 0 Å². The second-order valence-electron chi connectivity index (χ2n) is 4.89. The van der Waals surface area contributed by atoms with Gasteiger partial charge in [-0.3, -0.25) is 9.59 Å². The Morgan fingerprint density at radius 2 is 2.16 bits per heavy atom. The molecule has 1 aromatic rings. The first-order valence-electron chi connectivity index (χ1n) is 6.43. The third-order valence-electron chi connectivity index (χ3n) is 3.40. The van der Waals surface area contributed by atoms with E-state index in [1.54, 1.807) is 11.9 Å². The quantitative estimate of drug-likeness (QED) is 0.825. The Morgan fingerprint density at radius 1 is 1.47 bits per heavy atom. The minimum atomic E-state index is -0.388. The van der Waals surface area contributed by atoms with Crippen LogP contribution in [0.25, 0.3) is 0 Å². The monoisotopic (exact) mass is 261 g/mol. The van der Waals surface area contributed by atoms with Crippen molar-refractivity contribution in [2.45, 2.75) is 24.9 Å². The topological polar surface area (TPSA) is 75.4 Å². The molecular formula is C14H19N3O2. The Morgan fingerprint density at radius 3 is 2.74 bits per heavy atom. The second-order valence-corrected chi connectivity index (χ2v) is 4.89. The fourth-order valence-corrected chi connectivity index (χ4v) is 2.23. The maximum absolute atomic E-state index is 11.9. The molecule has 2 rings (SSSR count). The smallest absolute Gasteiger partial charge is 0.244 e. The Balaban J connectivity index is 1.86. The van der Waals surface area contributed by atoms with Gasteiger partial charge in [-0.2, -0.15) is 0 Å². The number of hydrogen-bond acceptors (Lipinski definition) is 3. The van der Waals surface area contributed by atoms with Crippen molar-refractivity contribution in [3.63, 3.8) is 0 Å². The van der Waals surface area contributed by atoms with E-state index in [2.05, 4.69) is 5.32 Å². The van der Waals surface area contributed by atoms with Crippen molar-refractivity contribution in [2.75, 3.05) is 13.6 Å². The highest BCUT2D eigenvalue weighted by molar-refractivity contribution is 5.89. The zero-order chi connectivity index (χ0) is 13.8. The van der Waals surface area contributed by atoms with Crippen molar-refractivity contribution in [3.05, 3.63) is 35.9 Å². The molecule has 0 aromatic heterocycles. The predicted molar refractivity (Wildman–Crippen MR) is 72.2 cm³/mol. The third kappa shape index (κ3) is 3.32. The van der Waals surface area contributed by atoms with Crippen molar-refractivity contribution in [1.82, 2.24) is 10.2 Å². The van der Waals surface area contributed by atoms with Gasteiger partial charge in [-0.15, -0.1) is 0 Å². The first-order valence-corrected chi connectivity index (χ1v) is 6.43. The van der Waals surface area contributed by atoms with E-state index in [0.717, 1.165) is 5.56 Å². The van der Waals surface area contributed by atoms with E-state index in [1.807, 2.05) is 30.3 Å². The largest absolute Gasteiger partial charge is 0.344 e. The summed E-state index contributed by atoms with van der Waals surface area (Å²) in [4.78, 5) is 25.2. The number of likely N-dealkylation sites (N-methyl/N-ethyl adjacent to an activating group) is 1. The molecule has 0 radical (unpaired) electrons. The molecule has 2 unspecified atom stereocenters. The lowest BCUT2D eigenvalue weighted by Gasteiger charge is -2.15. The molecule has 0 aliphatic carbocycles. The van der Waals surface area contributed by atoms with Crippen molar-refractivity contribution >= 4 is 11.8 Å². The maximum Gasteiger partial charge on any atom is 0.244 e. The molecule has 1 saturated heterocycles. The molecule has 1 fully saturated rings. The number of hydrogen-bond donors (Lipinski definition) is 2. The van der Waals surface area contributed by atoms with Crippen LogP contribution in [0.4, 0.5) is 0 Å². The van der Waals surface area contributed by atoms with Gasteiger partial charge in [0, 0.05) is 26.1 Å². The predicted octanol–water partition coefficient (Wildman–Crippen LogP) is 0.423. The molecule has 2 amide bonds. The molecule has 1 aliphatic heterocycles. The lowest BCUT2D eigenvalue weighted by Crippen LogP contribution is -2.41. The van der Waals surface area contributed by atoms with E-state index >= 15 is 0 Å². The van der Waals surface area contributed by atoms with Crippen LogP contribution in [0.3, 0.4) is 0 Å². The van der Waals surface area contributed by atoms with Gasteiger partial charge in [-0.05, 0) is 12.0 Å². The van der Waals surface area contributed by atoms with Crippen LogP contribution in [0.2, 0.25) is 0 Å². The van der Waals surface area contributed by atoms with Gasteiger partial charge in [-0.1, -0.05) is 30.3 Å². The Bertz CT molecular complexity index is 461. The van der Waals surface area contributed by atoms with E-state index in [-0.39, 0.29) is 30.3 Å².